The van der Waals surface area contributed by atoms with Crippen LogP contribution in [0, 0.1) is 12.7 Å². The summed E-state index contributed by atoms with van der Waals surface area (Å²) in [6.45, 7) is 3.75. The number of rotatable bonds is 6. The molecule has 164 valence electrons. The summed E-state index contributed by atoms with van der Waals surface area (Å²) in [4.78, 5) is 37.7. The molecule has 0 aliphatic rings. The summed E-state index contributed by atoms with van der Waals surface area (Å²) in [7, 11) is 0. The average Bonchev–Trinajstić information content (AvgIpc) is 3.31. The number of amides is 2. The van der Waals surface area contributed by atoms with Gasteiger partial charge in [0.25, 0.3) is 5.91 Å². The van der Waals surface area contributed by atoms with Crippen molar-refractivity contribution in [1.29, 1.82) is 0 Å². The van der Waals surface area contributed by atoms with E-state index in [1.807, 2.05) is 19.1 Å². The molecule has 32 heavy (non-hydrogen) atoms. The van der Waals surface area contributed by atoms with E-state index in [4.69, 9.17) is 4.42 Å². The van der Waals surface area contributed by atoms with Crippen LogP contribution >= 0.6 is 0 Å². The van der Waals surface area contributed by atoms with Gasteiger partial charge in [-0.25, -0.2) is 9.18 Å². The summed E-state index contributed by atoms with van der Waals surface area (Å²) in [5.74, 6) is -1.23. The highest BCUT2D eigenvalue weighted by Crippen LogP contribution is 2.22. The Morgan fingerprint density at radius 1 is 1.03 bits per heavy atom. The van der Waals surface area contributed by atoms with Gasteiger partial charge in [0, 0.05) is 12.2 Å². The predicted octanol–water partition coefficient (Wildman–Crippen LogP) is 3.75. The highest BCUT2D eigenvalue weighted by atomic mass is 19.1. The summed E-state index contributed by atoms with van der Waals surface area (Å²) < 4.78 is 22.3. The van der Waals surface area contributed by atoms with Crippen LogP contribution < -0.4 is 16.3 Å². The number of anilines is 2. The van der Waals surface area contributed by atoms with Gasteiger partial charge in [0.1, 0.15) is 18.1 Å². The van der Waals surface area contributed by atoms with E-state index < -0.39 is 17.6 Å². The van der Waals surface area contributed by atoms with Gasteiger partial charge >= 0.3 is 5.69 Å². The molecule has 0 radical (unpaired) electrons. The van der Waals surface area contributed by atoms with Crippen LogP contribution in [-0.2, 0) is 17.9 Å². The van der Waals surface area contributed by atoms with Gasteiger partial charge in [0.2, 0.25) is 5.91 Å². The maximum atomic E-state index is 14.2. The number of halogens is 1. The summed E-state index contributed by atoms with van der Waals surface area (Å²) in [6.07, 6.45) is 1.37. The lowest BCUT2D eigenvalue weighted by atomic mass is 10.2. The molecule has 2 aromatic heterocycles. The average molecular weight is 436 g/mol. The van der Waals surface area contributed by atoms with Gasteiger partial charge in [0.15, 0.2) is 0 Å². The third-order valence-corrected chi connectivity index (χ3v) is 5.14. The number of hydrogen-bond acceptors (Lipinski definition) is 4. The Hall–Kier alpha value is -4.14. The summed E-state index contributed by atoms with van der Waals surface area (Å²) in [5.41, 5.74) is 1.58. The fourth-order valence-corrected chi connectivity index (χ4v) is 3.58. The molecule has 0 atom stereocenters. The molecule has 0 unspecified atom stereocenters. The van der Waals surface area contributed by atoms with Gasteiger partial charge in [-0.3, -0.25) is 18.7 Å². The van der Waals surface area contributed by atoms with Crippen molar-refractivity contribution in [3.8, 4) is 0 Å². The number of nitrogens with one attached hydrogen (secondary N) is 2. The molecule has 0 aliphatic heterocycles. The molecule has 0 fully saturated rings. The van der Waals surface area contributed by atoms with E-state index in [2.05, 4.69) is 10.6 Å². The molecule has 0 bridgehead atoms. The first-order chi connectivity index (χ1) is 15.4. The molecule has 2 aromatic carbocycles. The first kappa shape index (κ1) is 21.1. The van der Waals surface area contributed by atoms with Crippen LogP contribution in [0.1, 0.15) is 23.0 Å². The van der Waals surface area contributed by atoms with E-state index in [-0.39, 0.29) is 29.2 Å². The quantitative estimate of drug-likeness (QED) is 0.481. The molecule has 9 heteroatoms. The zero-order valence-electron chi connectivity index (χ0n) is 17.5. The van der Waals surface area contributed by atoms with Gasteiger partial charge in [-0.1, -0.05) is 12.1 Å². The minimum Gasteiger partial charge on any atom is -0.469 e. The molecule has 0 saturated carbocycles. The Bertz CT molecular complexity index is 1380. The number of carbonyl (C=O) groups excluding carboxylic acids is 2. The van der Waals surface area contributed by atoms with Crippen LogP contribution in [0.2, 0.25) is 0 Å². The molecule has 2 N–H and O–H groups in total. The maximum absolute atomic E-state index is 14.2. The normalized spacial score (nSPS) is 11.0. The molecule has 0 saturated heterocycles. The van der Waals surface area contributed by atoms with Gasteiger partial charge < -0.3 is 15.1 Å². The Morgan fingerprint density at radius 2 is 1.75 bits per heavy atom. The molecule has 8 nitrogen and oxygen atoms in total. The van der Waals surface area contributed by atoms with E-state index in [0.29, 0.717) is 17.8 Å². The molecular weight excluding hydrogens is 415 g/mol. The SMILES string of the molecule is CCn1c(=O)n(CC(=O)Nc2ccc(F)c(NC(=O)c3ccoc3C)c2)c2ccccc21. The third-order valence-electron chi connectivity index (χ3n) is 5.14. The number of para-hydroxylation sites is 2. The highest BCUT2D eigenvalue weighted by Gasteiger charge is 2.17. The van der Waals surface area contributed by atoms with Crippen LogP contribution in [0.25, 0.3) is 11.0 Å². The lowest BCUT2D eigenvalue weighted by Gasteiger charge is -2.10. The zero-order chi connectivity index (χ0) is 22.8. The van der Waals surface area contributed by atoms with Crippen molar-refractivity contribution < 1.29 is 18.4 Å². The van der Waals surface area contributed by atoms with Crippen LogP contribution in [0.15, 0.2) is 64.0 Å². The molecule has 0 spiro atoms. The first-order valence-corrected chi connectivity index (χ1v) is 10.0. The fourth-order valence-electron chi connectivity index (χ4n) is 3.58. The number of imidazole rings is 1. The predicted molar refractivity (Wildman–Crippen MR) is 118 cm³/mol. The Labute approximate surface area is 182 Å². The Morgan fingerprint density at radius 3 is 2.41 bits per heavy atom. The van der Waals surface area contributed by atoms with E-state index in [9.17, 15) is 18.8 Å². The number of aryl methyl sites for hydroxylation is 2. The number of hydrogen-bond donors (Lipinski definition) is 2. The van der Waals surface area contributed by atoms with Crippen molar-refractivity contribution in [3.63, 3.8) is 0 Å². The number of carbonyl (C=O) groups is 2. The highest BCUT2D eigenvalue weighted by molar-refractivity contribution is 6.05. The van der Waals surface area contributed by atoms with E-state index in [1.165, 1.54) is 29.0 Å². The molecule has 2 amide bonds. The van der Waals surface area contributed by atoms with E-state index in [1.54, 1.807) is 23.6 Å². The minimum atomic E-state index is -0.653. The second-order valence-corrected chi connectivity index (χ2v) is 7.19. The van der Waals surface area contributed by atoms with Crippen molar-refractivity contribution in [1.82, 2.24) is 9.13 Å². The number of aromatic nitrogens is 2. The van der Waals surface area contributed by atoms with Crippen LogP contribution in [0.5, 0.6) is 0 Å². The summed E-state index contributed by atoms with van der Waals surface area (Å²) >= 11 is 0. The number of nitrogens with zero attached hydrogens (tertiary/aromatic N) is 2. The van der Waals surface area contributed by atoms with Gasteiger partial charge in [-0.15, -0.1) is 0 Å². The number of fused-ring (bicyclic) bond motifs is 1. The second kappa shape index (κ2) is 8.54. The lowest BCUT2D eigenvalue weighted by Crippen LogP contribution is -2.29. The molecular formula is C23H21FN4O4. The molecule has 4 aromatic rings. The molecule has 4 rings (SSSR count). The van der Waals surface area contributed by atoms with Gasteiger partial charge in [0.05, 0.1) is 28.5 Å². The number of benzene rings is 2. The Balaban J connectivity index is 1.53. The van der Waals surface area contributed by atoms with Crippen molar-refractivity contribution in [3.05, 3.63) is 82.4 Å². The van der Waals surface area contributed by atoms with Crippen LogP contribution in [0.3, 0.4) is 0 Å². The fraction of sp³-hybridized carbons (Fsp3) is 0.174. The number of furan rings is 1. The standard InChI is InChI=1S/C23H21FN4O4/c1-3-27-19-6-4-5-7-20(19)28(23(27)31)13-21(29)25-15-8-9-17(24)18(12-15)26-22(30)16-10-11-32-14(16)2/h4-12H,3,13H2,1-2H3,(H,25,29)(H,26,30). The zero-order valence-corrected chi connectivity index (χ0v) is 17.5. The topological polar surface area (TPSA) is 98.3 Å². The Kier molecular flexibility index (Phi) is 5.63. The van der Waals surface area contributed by atoms with E-state index >= 15 is 0 Å². The van der Waals surface area contributed by atoms with Gasteiger partial charge in [-0.2, -0.15) is 0 Å². The second-order valence-electron chi connectivity index (χ2n) is 7.19. The first-order valence-electron chi connectivity index (χ1n) is 10.0. The van der Waals surface area contributed by atoms with Gasteiger partial charge in [-0.05, 0) is 50.2 Å². The molecule has 2 heterocycles. The van der Waals surface area contributed by atoms with Crippen molar-refractivity contribution >= 4 is 34.2 Å². The lowest BCUT2D eigenvalue weighted by molar-refractivity contribution is -0.116. The third kappa shape index (κ3) is 3.92. The monoisotopic (exact) mass is 436 g/mol. The van der Waals surface area contributed by atoms with Crippen LogP contribution in [0.4, 0.5) is 15.8 Å². The van der Waals surface area contributed by atoms with E-state index in [0.717, 1.165) is 11.6 Å². The largest absolute Gasteiger partial charge is 0.469 e. The smallest absolute Gasteiger partial charge is 0.329 e. The minimum absolute atomic E-state index is 0.0897. The maximum Gasteiger partial charge on any atom is 0.329 e. The van der Waals surface area contributed by atoms with Crippen LogP contribution in [-0.4, -0.2) is 20.9 Å². The molecule has 0 aliphatic carbocycles. The summed E-state index contributed by atoms with van der Waals surface area (Å²) in [6, 6.07) is 12.6. The van der Waals surface area contributed by atoms with Crippen molar-refractivity contribution in [2.45, 2.75) is 26.9 Å². The van der Waals surface area contributed by atoms with Crippen molar-refractivity contribution in [2.24, 2.45) is 0 Å². The summed E-state index contributed by atoms with van der Waals surface area (Å²) in [5, 5.41) is 5.13. The van der Waals surface area contributed by atoms with Crippen molar-refractivity contribution in [2.75, 3.05) is 10.6 Å².